The second-order valence-corrected chi connectivity index (χ2v) is 6.24. The van der Waals surface area contributed by atoms with Gasteiger partial charge in [0.2, 0.25) is 10.0 Å². The summed E-state index contributed by atoms with van der Waals surface area (Å²) in [7, 11) is -3.49. The van der Waals surface area contributed by atoms with Gasteiger partial charge in [-0.2, -0.15) is 5.10 Å². The van der Waals surface area contributed by atoms with Crippen molar-refractivity contribution in [2.24, 2.45) is 0 Å². The Morgan fingerprint density at radius 1 is 1.21 bits per heavy atom. The molecule has 1 heterocycles. The van der Waals surface area contributed by atoms with Gasteiger partial charge >= 0.3 is 0 Å². The van der Waals surface area contributed by atoms with E-state index in [1.165, 1.54) is 0 Å². The van der Waals surface area contributed by atoms with Crippen LogP contribution in [0.3, 0.4) is 0 Å². The first kappa shape index (κ1) is 13.8. The highest BCUT2D eigenvalue weighted by atomic mass is 32.2. The summed E-state index contributed by atoms with van der Waals surface area (Å²) in [5, 5.41) is 6.89. The Labute approximate surface area is 113 Å². The fourth-order valence-corrected chi connectivity index (χ4v) is 3.18. The van der Waals surface area contributed by atoms with Crippen LogP contribution in [0.5, 0.6) is 0 Å². The molecule has 1 aromatic carbocycles. The molecule has 1 aromatic heterocycles. The van der Waals surface area contributed by atoms with E-state index in [4.69, 9.17) is 0 Å². The number of rotatable bonds is 4. The number of hydrogen-bond donors (Lipinski definition) is 2. The van der Waals surface area contributed by atoms with Crippen molar-refractivity contribution in [3.63, 3.8) is 0 Å². The van der Waals surface area contributed by atoms with E-state index in [9.17, 15) is 8.42 Å². The van der Waals surface area contributed by atoms with Gasteiger partial charge in [-0.05, 0) is 32.4 Å². The van der Waals surface area contributed by atoms with Gasteiger partial charge in [0.25, 0.3) is 0 Å². The lowest BCUT2D eigenvalue weighted by molar-refractivity contribution is 0.580. The van der Waals surface area contributed by atoms with Crippen molar-refractivity contribution in [2.45, 2.75) is 32.2 Å². The summed E-state index contributed by atoms with van der Waals surface area (Å²) in [6.45, 7) is 5.74. The summed E-state index contributed by atoms with van der Waals surface area (Å²) in [4.78, 5) is 0.314. The lowest BCUT2D eigenvalue weighted by Gasteiger charge is -2.09. The molecule has 0 unspecified atom stereocenters. The van der Waals surface area contributed by atoms with Crippen LogP contribution in [0, 0.1) is 20.8 Å². The van der Waals surface area contributed by atoms with Gasteiger partial charge in [-0.3, -0.25) is 5.10 Å². The largest absolute Gasteiger partial charge is 0.282 e. The highest BCUT2D eigenvalue weighted by Crippen LogP contribution is 2.15. The quantitative estimate of drug-likeness (QED) is 0.896. The van der Waals surface area contributed by atoms with Gasteiger partial charge in [0, 0.05) is 17.8 Å². The molecule has 0 fully saturated rings. The fraction of sp³-hybridized carbons (Fsp3) is 0.308. The van der Waals surface area contributed by atoms with Crippen molar-refractivity contribution in [3.8, 4) is 0 Å². The molecule has 0 radical (unpaired) electrons. The Morgan fingerprint density at radius 2 is 1.89 bits per heavy atom. The highest BCUT2D eigenvalue weighted by molar-refractivity contribution is 7.89. The summed E-state index contributed by atoms with van der Waals surface area (Å²) < 4.78 is 27.1. The van der Waals surface area contributed by atoms with Crippen LogP contribution < -0.4 is 4.72 Å². The summed E-state index contributed by atoms with van der Waals surface area (Å²) >= 11 is 0. The number of aromatic amines is 1. The van der Waals surface area contributed by atoms with Crippen molar-refractivity contribution in [1.29, 1.82) is 0 Å². The van der Waals surface area contributed by atoms with E-state index in [-0.39, 0.29) is 6.54 Å². The average Bonchev–Trinajstić information content (AvgIpc) is 2.67. The zero-order valence-electron chi connectivity index (χ0n) is 11.2. The van der Waals surface area contributed by atoms with Gasteiger partial charge in [-0.1, -0.05) is 18.2 Å². The number of benzene rings is 1. The summed E-state index contributed by atoms with van der Waals surface area (Å²) in [5.74, 6) is 0. The molecule has 6 heteroatoms. The first-order valence-electron chi connectivity index (χ1n) is 5.97. The fourth-order valence-electron chi connectivity index (χ4n) is 1.94. The second kappa shape index (κ2) is 5.14. The van der Waals surface area contributed by atoms with Crippen molar-refractivity contribution < 1.29 is 8.42 Å². The molecule has 0 saturated carbocycles. The molecule has 0 aliphatic carbocycles. The lowest BCUT2D eigenvalue weighted by atomic mass is 10.2. The molecule has 19 heavy (non-hydrogen) atoms. The third-order valence-corrected chi connectivity index (χ3v) is 4.66. The average molecular weight is 279 g/mol. The Morgan fingerprint density at radius 3 is 2.47 bits per heavy atom. The van der Waals surface area contributed by atoms with E-state index in [2.05, 4.69) is 14.9 Å². The zero-order valence-corrected chi connectivity index (χ0v) is 12.0. The van der Waals surface area contributed by atoms with E-state index in [1.807, 2.05) is 19.9 Å². The minimum absolute atomic E-state index is 0.241. The van der Waals surface area contributed by atoms with Gasteiger partial charge in [-0.15, -0.1) is 0 Å². The highest BCUT2D eigenvalue weighted by Gasteiger charge is 2.17. The molecule has 102 valence electrons. The lowest BCUT2D eigenvalue weighted by Crippen LogP contribution is -2.24. The molecular formula is C13H17N3O2S. The first-order chi connectivity index (χ1) is 8.92. The van der Waals surface area contributed by atoms with Crippen LogP contribution in [0.1, 0.15) is 22.5 Å². The van der Waals surface area contributed by atoms with Crippen LogP contribution in [-0.4, -0.2) is 18.6 Å². The Balaban J connectivity index is 2.22. The van der Waals surface area contributed by atoms with E-state index < -0.39 is 10.0 Å². The molecule has 0 aliphatic heterocycles. The smallest absolute Gasteiger partial charge is 0.241 e. The van der Waals surface area contributed by atoms with E-state index in [0.717, 1.165) is 22.5 Å². The van der Waals surface area contributed by atoms with Crippen LogP contribution in [0.4, 0.5) is 0 Å². The third-order valence-electron chi connectivity index (χ3n) is 3.10. The SMILES string of the molecule is Cc1ccccc1S(=O)(=O)NCc1c(C)n[nH]c1C. The Hall–Kier alpha value is -1.66. The van der Waals surface area contributed by atoms with Crippen LogP contribution in [0.15, 0.2) is 29.2 Å². The molecule has 0 spiro atoms. The van der Waals surface area contributed by atoms with Gasteiger partial charge in [0.1, 0.15) is 0 Å². The summed E-state index contributed by atoms with van der Waals surface area (Å²) in [6.07, 6.45) is 0. The van der Waals surface area contributed by atoms with E-state index >= 15 is 0 Å². The molecule has 0 atom stereocenters. The normalized spacial score (nSPS) is 11.7. The van der Waals surface area contributed by atoms with E-state index in [0.29, 0.717) is 4.90 Å². The molecule has 2 N–H and O–H groups in total. The van der Waals surface area contributed by atoms with Crippen molar-refractivity contribution >= 4 is 10.0 Å². The van der Waals surface area contributed by atoms with Crippen LogP contribution in [-0.2, 0) is 16.6 Å². The maximum absolute atomic E-state index is 12.2. The molecule has 5 nitrogen and oxygen atoms in total. The molecule has 0 aliphatic rings. The predicted octanol–water partition coefficient (Wildman–Crippen LogP) is 1.81. The van der Waals surface area contributed by atoms with Gasteiger partial charge in [0.05, 0.1) is 10.6 Å². The first-order valence-corrected chi connectivity index (χ1v) is 7.46. The second-order valence-electron chi connectivity index (χ2n) is 4.50. The van der Waals surface area contributed by atoms with Gasteiger partial charge < -0.3 is 0 Å². The van der Waals surface area contributed by atoms with Crippen LogP contribution in [0.25, 0.3) is 0 Å². The standard InChI is InChI=1S/C13H17N3O2S/c1-9-6-4-5-7-13(9)19(17,18)14-8-12-10(2)15-16-11(12)3/h4-7,14H,8H2,1-3H3,(H,15,16). The van der Waals surface area contributed by atoms with Crippen molar-refractivity contribution in [1.82, 2.24) is 14.9 Å². The zero-order chi connectivity index (χ0) is 14.0. The topological polar surface area (TPSA) is 74.8 Å². The number of aryl methyl sites for hydroxylation is 3. The maximum Gasteiger partial charge on any atom is 0.241 e. The predicted molar refractivity (Wildman–Crippen MR) is 73.3 cm³/mol. The number of sulfonamides is 1. The number of aromatic nitrogens is 2. The van der Waals surface area contributed by atoms with Gasteiger partial charge in [0.15, 0.2) is 0 Å². The molecule has 0 amide bonds. The van der Waals surface area contributed by atoms with Gasteiger partial charge in [-0.25, -0.2) is 13.1 Å². The Bertz CT molecular complexity index is 670. The monoisotopic (exact) mass is 279 g/mol. The molecule has 0 bridgehead atoms. The van der Waals surface area contributed by atoms with E-state index in [1.54, 1.807) is 25.1 Å². The number of nitrogens with one attached hydrogen (secondary N) is 2. The van der Waals surface area contributed by atoms with Crippen molar-refractivity contribution in [3.05, 3.63) is 46.8 Å². The summed E-state index contributed by atoms with van der Waals surface area (Å²) in [5.41, 5.74) is 3.31. The Kier molecular flexibility index (Phi) is 3.73. The van der Waals surface area contributed by atoms with Crippen LogP contribution in [0.2, 0.25) is 0 Å². The van der Waals surface area contributed by atoms with Crippen molar-refractivity contribution in [2.75, 3.05) is 0 Å². The number of nitrogens with zero attached hydrogens (tertiary/aromatic N) is 1. The minimum Gasteiger partial charge on any atom is -0.282 e. The van der Waals surface area contributed by atoms with Crippen LogP contribution >= 0.6 is 0 Å². The number of hydrogen-bond acceptors (Lipinski definition) is 3. The number of H-pyrrole nitrogens is 1. The molecule has 2 rings (SSSR count). The minimum atomic E-state index is -3.49. The summed E-state index contributed by atoms with van der Waals surface area (Å²) in [6, 6.07) is 6.92. The third kappa shape index (κ3) is 2.85. The molecule has 0 saturated heterocycles. The maximum atomic E-state index is 12.2. The molecular weight excluding hydrogens is 262 g/mol. The molecule has 2 aromatic rings.